The summed E-state index contributed by atoms with van der Waals surface area (Å²) in [6, 6.07) is 5.79. The van der Waals surface area contributed by atoms with E-state index in [-0.39, 0.29) is 0 Å². The lowest BCUT2D eigenvalue weighted by molar-refractivity contribution is 0.231. The Bertz CT molecular complexity index is 335. The summed E-state index contributed by atoms with van der Waals surface area (Å²) in [6.45, 7) is 4.76. The second kappa shape index (κ2) is 5.17. The standard InChI is InChI=1S/C11H13Cl2N2/c12-10-3-1-2-9(11(10)13)8-15-6-4-14-5-7-15/h1-3H,4-8H2. The molecular formula is C11H13Cl2N2. The van der Waals surface area contributed by atoms with Crippen LogP contribution in [0.25, 0.3) is 0 Å². The van der Waals surface area contributed by atoms with Gasteiger partial charge < -0.3 is 0 Å². The van der Waals surface area contributed by atoms with Gasteiger partial charge >= 0.3 is 0 Å². The molecule has 4 heteroatoms. The number of piperazine rings is 1. The van der Waals surface area contributed by atoms with Crippen molar-refractivity contribution < 1.29 is 0 Å². The predicted octanol–water partition coefficient (Wildman–Crippen LogP) is 2.41. The highest BCUT2D eigenvalue weighted by Gasteiger charge is 2.13. The molecule has 1 radical (unpaired) electrons. The lowest BCUT2D eigenvalue weighted by atomic mass is 10.2. The maximum Gasteiger partial charge on any atom is 0.0637 e. The number of hydrogen-bond donors (Lipinski definition) is 0. The molecule has 1 fully saturated rings. The fourth-order valence-electron chi connectivity index (χ4n) is 1.72. The minimum absolute atomic E-state index is 0.635. The Labute approximate surface area is 100 Å². The SMILES string of the molecule is Clc1cccc(CN2CC[N]CC2)c1Cl. The van der Waals surface area contributed by atoms with Gasteiger partial charge in [0, 0.05) is 32.7 Å². The third-order valence-electron chi connectivity index (χ3n) is 2.57. The molecule has 0 unspecified atom stereocenters. The summed E-state index contributed by atoms with van der Waals surface area (Å²) in [7, 11) is 0. The van der Waals surface area contributed by atoms with Crippen LogP contribution < -0.4 is 5.32 Å². The van der Waals surface area contributed by atoms with Crippen LogP contribution in [0.3, 0.4) is 0 Å². The van der Waals surface area contributed by atoms with Gasteiger partial charge in [0.2, 0.25) is 0 Å². The average Bonchev–Trinajstić information content (AvgIpc) is 2.26. The Balaban J connectivity index is 2.06. The van der Waals surface area contributed by atoms with Crippen LogP contribution in [0.15, 0.2) is 18.2 Å². The molecule has 15 heavy (non-hydrogen) atoms. The lowest BCUT2D eigenvalue weighted by Gasteiger charge is -2.26. The van der Waals surface area contributed by atoms with E-state index in [0.717, 1.165) is 38.3 Å². The minimum Gasteiger partial charge on any atom is -0.296 e. The number of benzene rings is 1. The predicted molar refractivity (Wildman–Crippen MR) is 63.6 cm³/mol. The fraction of sp³-hybridized carbons (Fsp3) is 0.455. The Hall–Kier alpha value is -0.280. The molecule has 0 amide bonds. The van der Waals surface area contributed by atoms with Crippen molar-refractivity contribution in [1.82, 2.24) is 10.2 Å². The molecule has 2 rings (SSSR count). The maximum atomic E-state index is 6.13. The Kier molecular flexibility index (Phi) is 3.87. The zero-order valence-electron chi connectivity index (χ0n) is 8.42. The van der Waals surface area contributed by atoms with Crippen molar-refractivity contribution in [2.75, 3.05) is 26.2 Å². The third-order valence-corrected chi connectivity index (χ3v) is 3.43. The summed E-state index contributed by atoms with van der Waals surface area (Å²) >= 11 is 12.1. The summed E-state index contributed by atoms with van der Waals surface area (Å²) in [5.41, 5.74) is 1.10. The molecule has 0 aromatic heterocycles. The van der Waals surface area contributed by atoms with Gasteiger partial charge in [0.25, 0.3) is 0 Å². The fourth-order valence-corrected chi connectivity index (χ4v) is 2.10. The molecule has 1 aliphatic rings. The van der Waals surface area contributed by atoms with Gasteiger partial charge in [-0.05, 0) is 11.6 Å². The molecule has 1 saturated heterocycles. The van der Waals surface area contributed by atoms with Crippen LogP contribution in [-0.2, 0) is 6.54 Å². The Morgan fingerprint density at radius 2 is 1.93 bits per heavy atom. The van der Waals surface area contributed by atoms with Gasteiger partial charge in [-0.15, -0.1) is 0 Å². The van der Waals surface area contributed by atoms with Gasteiger partial charge in [-0.3, -0.25) is 4.90 Å². The van der Waals surface area contributed by atoms with Gasteiger partial charge in [-0.25, -0.2) is 5.32 Å². The first-order valence-electron chi connectivity index (χ1n) is 5.06. The number of nitrogens with zero attached hydrogens (tertiary/aromatic N) is 2. The quantitative estimate of drug-likeness (QED) is 0.780. The molecule has 2 nitrogen and oxygen atoms in total. The van der Waals surface area contributed by atoms with Crippen LogP contribution in [-0.4, -0.2) is 31.1 Å². The van der Waals surface area contributed by atoms with Crippen molar-refractivity contribution in [3.05, 3.63) is 33.8 Å². The first kappa shape index (κ1) is 11.2. The lowest BCUT2D eigenvalue weighted by Crippen LogP contribution is -2.39. The zero-order chi connectivity index (χ0) is 10.7. The number of hydrogen-bond acceptors (Lipinski definition) is 1. The third kappa shape index (κ3) is 2.85. The Morgan fingerprint density at radius 1 is 1.20 bits per heavy atom. The summed E-state index contributed by atoms with van der Waals surface area (Å²) in [5, 5.41) is 5.63. The van der Waals surface area contributed by atoms with Crippen molar-refractivity contribution in [2.45, 2.75) is 6.54 Å². The second-order valence-corrected chi connectivity index (χ2v) is 4.45. The largest absolute Gasteiger partial charge is 0.296 e. The van der Waals surface area contributed by atoms with Crippen LogP contribution >= 0.6 is 23.2 Å². The van der Waals surface area contributed by atoms with E-state index in [1.807, 2.05) is 18.2 Å². The molecule has 0 aliphatic carbocycles. The van der Waals surface area contributed by atoms with Gasteiger partial charge in [-0.1, -0.05) is 35.3 Å². The van der Waals surface area contributed by atoms with Gasteiger partial charge in [0.15, 0.2) is 0 Å². The van der Waals surface area contributed by atoms with Crippen LogP contribution in [0.1, 0.15) is 5.56 Å². The van der Waals surface area contributed by atoms with Crippen LogP contribution in [0.4, 0.5) is 0 Å². The van der Waals surface area contributed by atoms with E-state index in [0.29, 0.717) is 10.0 Å². The second-order valence-electron chi connectivity index (χ2n) is 3.66. The van der Waals surface area contributed by atoms with E-state index >= 15 is 0 Å². The monoisotopic (exact) mass is 243 g/mol. The number of halogens is 2. The van der Waals surface area contributed by atoms with E-state index in [2.05, 4.69) is 10.2 Å². The van der Waals surface area contributed by atoms with E-state index in [1.54, 1.807) is 0 Å². The molecule has 81 valence electrons. The molecule has 1 aromatic carbocycles. The average molecular weight is 244 g/mol. The topological polar surface area (TPSA) is 17.3 Å². The van der Waals surface area contributed by atoms with Crippen molar-refractivity contribution in [3.63, 3.8) is 0 Å². The van der Waals surface area contributed by atoms with Crippen molar-refractivity contribution in [1.29, 1.82) is 0 Å². The number of rotatable bonds is 2. The first-order chi connectivity index (χ1) is 7.27. The molecule has 0 atom stereocenters. The highest BCUT2D eigenvalue weighted by Crippen LogP contribution is 2.26. The van der Waals surface area contributed by atoms with E-state index in [4.69, 9.17) is 23.2 Å². The smallest absolute Gasteiger partial charge is 0.0637 e. The first-order valence-corrected chi connectivity index (χ1v) is 5.81. The van der Waals surface area contributed by atoms with E-state index in [9.17, 15) is 0 Å². The summed E-state index contributed by atoms with van der Waals surface area (Å²) in [6.07, 6.45) is 0. The molecule has 0 saturated carbocycles. The molecule has 0 spiro atoms. The molecule has 1 aliphatic heterocycles. The van der Waals surface area contributed by atoms with E-state index in [1.165, 1.54) is 0 Å². The van der Waals surface area contributed by atoms with Gasteiger partial charge in [0.05, 0.1) is 10.0 Å². The van der Waals surface area contributed by atoms with Crippen LogP contribution in [0.5, 0.6) is 0 Å². The maximum absolute atomic E-state index is 6.13. The van der Waals surface area contributed by atoms with Gasteiger partial charge in [0.1, 0.15) is 0 Å². The highest BCUT2D eigenvalue weighted by molar-refractivity contribution is 6.42. The molecule has 0 N–H and O–H groups in total. The zero-order valence-corrected chi connectivity index (χ0v) is 9.93. The molecular weight excluding hydrogens is 231 g/mol. The highest BCUT2D eigenvalue weighted by atomic mass is 35.5. The molecule has 1 heterocycles. The summed E-state index contributed by atoms with van der Waals surface area (Å²) in [5.74, 6) is 0. The van der Waals surface area contributed by atoms with Gasteiger partial charge in [-0.2, -0.15) is 0 Å². The van der Waals surface area contributed by atoms with Crippen molar-refractivity contribution in [2.24, 2.45) is 0 Å². The normalized spacial score (nSPS) is 18.0. The molecule has 1 aromatic rings. The minimum atomic E-state index is 0.635. The Morgan fingerprint density at radius 3 is 2.67 bits per heavy atom. The summed E-state index contributed by atoms with van der Waals surface area (Å²) in [4.78, 5) is 2.35. The molecule has 0 bridgehead atoms. The summed E-state index contributed by atoms with van der Waals surface area (Å²) < 4.78 is 0. The van der Waals surface area contributed by atoms with Crippen molar-refractivity contribution >= 4 is 23.2 Å². The van der Waals surface area contributed by atoms with Crippen LogP contribution in [0, 0.1) is 0 Å². The van der Waals surface area contributed by atoms with Crippen LogP contribution in [0.2, 0.25) is 10.0 Å². The van der Waals surface area contributed by atoms with E-state index < -0.39 is 0 Å². The van der Waals surface area contributed by atoms with Crippen molar-refractivity contribution in [3.8, 4) is 0 Å².